The first-order chi connectivity index (χ1) is 8.91. The Hall–Kier alpha value is -1.01. The molecule has 0 spiro atoms. The molecular weight excluding hydrogens is 322 g/mol. The normalized spacial score (nSPS) is 24.4. The molecule has 0 heterocycles. The molecule has 1 aromatic carbocycles. The molecule has 0 aliphatic heterocycles. The number of aliphatic hydroxyl groups excluding tert-OH is 1. The number of halogens is 3. The monoisotopic (exact) mass is 334 g/mol. The Kier molecular flexibility index (Phi) is 4.20. The second kappa shape index (κ2) is 5.54. The lowest BCUT2D eigenvalue weighted by molar-refractivity contribution is -0.144. The molecular formula is C13H13BrF2O3. The van der Waals surface area contributed by atoms with Gasteiger partial charge in [-0.05, 0) is 40.9 Å². The van der Waals surface area contributed by atoms with E-state index in [0.717, 1.165) is 12.1 Å². The molecule has 3 nitrogen and oxygen atoms in total. The van der Waals surface area contributed by atoms with Crippen molar-refractivity contribution in [1.29, 1.82) is 0 Å². The molecule has 0 amide bonds. The van der Waals surface area contributed by atoms with Crippen molar-refractivity contribution in [3.8, 4) is 0 Å². The molecule has 0 radical (unpaired) electrons. The van der Waals surface area contributed by atoms with Gasteiger partial charge in [0.05, 0.1) is 16.5 Å². The Bertz CT molecular complexity index is 507. The molecule has 0 bridgehead atoms. The van der Waals surface area contributed by atoms with Crippen LogP contribution >= 0.6 is 15.9 Å². The summed E-state index contributed by atoms with van der Waals surface area (Å²) in [4.78, 5) is 11.1. The summed E-state index contributed by atoms with van der Waals surface area (Å²) in [6.45, 7) is 0. The second-order valence-electron chi connectivity index (χ2n) is 4.77. The van der Waals surface area contributed by atoms with Crippen LogP contribution in [0.15, 0.2) is 16.6 Å². The average molecular weight is 335 g/mol. The topological polar surface area (TPSA) is 57.5 Å². The zero-order valence-electron chi connectivity index (χ0n) is 9.94. The van der Waals surface area contributed by atoms with E-state index in [1.54, 1.807) is 0 Å². The molecule has 3 atom stereocenters. The highest BCUT2D eigenvalue weighted by Gasteiger charge is 2.39. The largest absolute Gasteiger partial charge is 0.481 e. The Morgan fingerprint density at radius 2 is 2.00 bits per heavy atom. The third kappa shape index (κ3) is 2.79. The summed E-state index contributed by atoms with van der Waals surface area (Å²) in [6.07, 6.45) is 0.318. The van der Waals surface area contributed by atoms with E-state index >= 15 is 0 Å². The lowest BCUT2D eigenvalue weighted by Crippen LogP contribution is -2.24. The van der Waals surface area contributed by atoms with Crippen molar-refractivity contribution in [2.75, 3.05) is 0 Å². The van der Waals surface area contributed by atoms with Gasteiger partial charge in [-0.2, -0.15) is 0 Å². The minimum Gasteiger partial charge on any atom is -0.481 e. The zero-order chi connectivity index (χ0) is 14.2. The lowest BCUT2D eigenvalue weighted by Gasteiger charge is -2.23. The SMILES string of the molecule is O=C(O)C1CCCC1C(O)c1cc(F)c(Br)cc1F. The molecule has 104 valence electrons. The Labute approximate surface area is 117 Å². The lowest BCUT2D eigenvalue weighted by atomic mass is 9.87. The number of hydrogen-bond donors (Lipinski definition) is 2. The second-order valence-corrected chi connectivity index (χ2v) is 5.63. The fraction of sp³-hybridized carbons (Fsp3) is 0.462. The van der Waals surface area contributed by atoms with Crippen molar-refractivity contribution in [2.24, 2.45) is 11.8 Å². The van der Waals surface area contributed by atoms with E-state index in [2.05, 4.69) is 15.9 Å². The molecule has 3 unspecified atom stereocenters. The highest BCUT2D eigenvalue weighted by Crippen LogP contribution is 2.41. The van der Waals surface area contributed by atoms with E-state index in [4.69, 9.17) is 5.11 Å². The zero-order valence-corrected chi connectivity index (χ0v) is 11.5. The van der Waals surface area contributed by atoms with Crippen LogP contribution < -0.4 is 0 Å². The minimum absolute atomic E-state index is 0.0258. The molecule has 1 saturated carbocycles. The number of benzene rings is 1. The van der Waals surface area contributed by atoms with Crippen molar-refractivity contribution in [1.82, 2.24) is 0 Å². The van der Waals surface area contributed by atoms with Crippen LogP contribution in [0, 0.1) is 23.5 Å². The third-order valence-electron chi connectivity index (χ3n) is 3.65. The molecule has 0 saturated heterocycles. The molecule has 19 heavy (non-hydrogen) atoms. The molecule has 2 N–H and O–H groups in total. The fourth-order valence-electron chi connectivity index (χ4n) is 2.67. The van der Waals surface area contributed by atoms with E-state index in [-0.39, 0.29) is 10.0 Å². The van der Waals surface area contributed by atoms with Gasteiger partial charge in [0.25, 0.3) is 0 Å². The molecule has 6 heteroatoms. The first-order valence-electron chi connectivity index (χ1n) is 5.97. The predicted molar refractivity (Wildman–Crippen MR) is 67.5 cm³/mol. The third-order valence-corrected chi connectivity index (χ3v) is 4.26. The summed E-state index contributed by atoms with van der Waals surface area (Å²) >= 11 is 2.86. The molecule has 1 fully saturated rings. The highest BCUT2D eigenvalue weighted by atomic mass is 79.9. The summed E-state index contributed by atoms with van der Waals surface area (Å²) < 4.78 is 27.2. The van der Waals surface area contributed by atoms with Crippen molar-refractivity contribution in [2.45, 2.75) is 25.4 Å². The van der Waals surface area contributed by atoms with Gasteiger partial charge in [0.1, 0.15) is 11.6 Å². The first kappa shape index (κ1) is 14.4. The van der Waals surface area contributed by atoms with Gasteiger partial charge in [0.15, 0.2) is 0 Å². The number of aliphatic hydroxyl groups is 1. The van der Waals surface area contributed by atoms with Gasteiger partial charge in [0.2, 0.25) is 0 Å². The van der Waals surface area contributed by atoms with E-state index in [1.165, 1.54) is 0 Å². The van der Waals surface area contributed by atoms with Crippen LogP contribution in [0.5, 0.6) is 0 Å². The number of carbonyl (C=O) groups is 1. The Balaban J connectivity index is 2.31. The van der Waals surface area contributed by atoms with Crippen molar-refractivity contribution < 1.29 is 23.8 Å². The van der Waals surface area contributed by atoms with Gasteiger partial charge in [-0.3, -0.25) is 4.79 Å². The number of hydrogen-bond acceptors (Lipinski definition) is 2. The molecule has 2 rings (SSSR count). The van der Waals surface area contributed by atoms with Gasteiger partial charge in [-0.1, -0.05) is 6.42 Å². The van der Waals surface area contributed by atoms with Crippen LogP contribution in [0.3, 0.4) is 0 Å². The number of carboxylic acids is 1. The van der Waals surface area contributed by atoms with Crippen molar-refractivity contribution >= 4 is 21.9 Å². The first-order valence-corrected chi connectivity index (χ1v) is 6.76. The predicted octanol–water partition coefficient (Wildman–Crippen LogP) is 3.26. The van der Waals surface area contributed by atoms with Gasteiger partial charge < -0.3 is 10.2 Å². The van der Waals surface area contributed by atoms with E-state index < -0.39 is 35.5 Å². The molecule has 1 aromatic rings. The smallest absolute Gasteiger partial charge is 0.306 e. The van der Waals surface area contributed by atoms with Gasteiger partial charge >= 0.3 is 5.97 Å². The summed E-state index contributed by atoms with van der Waals surface area (Å²) in [5.41, 5.74) is -0.182. The summed E-state index contributed by atoms with van der Waals surface area (Å²) in [7, 11) is 0. The van der Waals surface area contributed by atoms with Gasteiger partial charge in [0, 0.05) is 11.5 Å². The van der Waals surface area contributed by atoms with Crippen LogP contribution in [-0.4, -0.2) is 16.2 Å². The number of rotatable bonds is 3. The Morgan fingerprint density at radius 1 is 1.32 bits per heavy atom. The van der Waals surface area contributed by atoms with Crippen LogP contribution in [0.25, 0.3) is 0 Å². The highest BCUT2D eigenvalue weighted by molar-refractivity contribution is 9.10. The van der Waals surface area contributed by atoms with Crippen molar-refractivity contribution in [3.63, 3.8) is 0 Å². The summed E-state index contributed by atoms with van der Waals surface area (Å²) in [6, 6.07) is 1.86. The van der Waals surface area contributed by atoms with E-state index in [1.807, 2.05) is 0 Å². The van der Waals surface area contributed by atoms with Gasteiger partial charge in [-0.15, -0.1) is 0 Å². The van der Waals surface area contributed by atoms with Crippen LogP contribution in [0.1, 0.15) is 30.9 Å². The molecule has 1 aliphatic carbocycles. The molecule has 1 aliphatic rings. The quantitative estimate of drug-likeness (QED) is 0.834. The Morgan fingerprint density at radius 3 is 2.63 bits per heavy atom. The van der Waals surface area contributed by atoms with E-state index in [9.17, 15) is 18.7 Å². The summed E-state index contributed by atoms with van der Waals surface area (Å²) in [5, 5.41) is 19.2. The van der Waals surface area contributed by atoms with E-state index in [0.29, 0.717) is 19.3 Å². The standard InChI is InChI=1S/C13H13BrF2O3/c14-9-5-10(15)8(4-11(9)16)12(17)6-2-1-3-7(6)13(18)19/h4-7,12,17H,1-3H2,(H,18,19). The number of aliphatic carboxylic acids is 1. The number of carboxylic acid groups (broad SMARTS) is 1. The van der Waals surface area contributed by atoms with Crippen LogP contribution in [-0.2, 0) is 4.79 Å². The maximum Gasteiger partial charge on any atom is 0.306 e. The maximum atomic E-state index is 13.8. The minimum atomic E-state index is -1.30. The van der Waals surface area contributed by atoms with Crippen LogP contribution in [0.4, 0.5) is 8.78 Å². The van der Waals surface area contributed by atoms with Crippen LogP contribution in [0.2, 0.25) is 0 Å². The maximum absolute atomic E-state index is 13.8. The van der Waals surface area contributed by atoms with Crippen molar-refractivity contribution in [3.05, 3.63) is 33.8 Å². The van der Waals surface area contributed by atoms with Gasteiger partial charge in [-0.25, -0.2) is 8.78 Å². The molecule has 0 aromatic heterocycles. The summed E-state index contributed by atoms with van der Waals surface area (Å²) in [5.74, 6) is -3.70. The average Bonchev–Trinajstić information content (AvgIpc) is 2.82. The fourth-order valence-corrected chi connectivity index (χ4v) is 2.98.